The Morgan fingerprint density at radius 1 is 1.29 bits per heavy atom. The summed E-state index contributed by atoms with van der Waals surface area (Å²) in [5.41, 5.74) is -1.51. The van der Waals surface area contributed by atoms with Gasteiger partial charge in [0.25, 0.3) is 0 Å². The number of thiophene rings is 1. The quantitative estimate of drug-likeness (QED) is 0.774. The van der Waals surface area contributed by atoms with Gasteiger partial charge < -0.3 is 5.11 Å². The van der Waals surface area contributed by atoms with E-state index in [1.54, 1.807) is 11.4 Å². The fraction of sp³-hybridized carbons (Fsp3) is 0.308. The number of alkyl halides is 3. The number of carboxylic acid groups (broad SMARTS) is 1. The normalized spacial score (nSPS) is 12.3. The van der Waals surface area contributed by atoms with Crippen LogP contribution in [0.5, 0.6) is 0 Å². The SMILES string of the molecule is O=C(O)CCCS(=O)(=O)c1nc(-c2cccs2)cc(C(F)(F)F)n1. The minimum Gasteiger partial charge on any atom is -0.481 e. The molecule has 0 aliphatic heterocycles. The molecule has 2 heterocycles. The van der Waals surface area contributed by atoms with E-state index < -0.39 is 45.0 Å². The van der Waals surface area contributed by atoms with E-state index in [9.17, 15) is 26.4 Å². The van der Waals surface area contributed by atoms with Gasteiger partial charge in [-0.3, -0.25) is 4.79 Å². The van der Waals surface area contributed by atoms with Crippen LogP contribution in [0.3, 0.4) is 0 Å². The van der Waals surface area contributed by atoms with Gasteiger partial charge in [0.05, 0.1) is 16.3 Å². The third kappa shape index (κ3) is 4.51. The maximum absolute atomic E-state index is 13.0. The van der Waals surface area contributed by atoms with Crippen molar-refractivity contribution in [3.8, 4) is 10.6 Å². The third-order valence-corrected chi connectivity index (χ3v) is 5.31. The first kappa shape index (κ1) is 18.3. The van der Waals surface area contributed by atoms with Crippen molar-refractivity contribution in [2.45, 2.75) is 24.2 Å². The molecule has 2 aromatic rings. The zero-order valence-corrected chi connectivity index (χ0v) is 13.6. The fourth-order valence-electron chi connectivity index (χ4n) is 1.76. The van der Waals surface area contributed by atoms with E-state index in [0.29, 0.717) is 10.9 Å². The van der Waals surface area contributed by atoms with Crippen LogP contribution in [-0.4, -0.2) is 35.2 Å². The highest BCUT2D eigenvalue weighted by atomic mass is 32.2. The lowest BCUT2D eigenvalue weighted by atomic mass is 10.3. The zero-order chi connectivity index (χ0) is 18.0. The summed E-state index contributed by atoms with van der Waals surface area (Å²) in [7, 11) is -4.23. The smallest absolute Gasteiger partial charge is 0.433 e. The van der Waals surface area contributed by atoms with Crippen LogP contribution in [-0.2, 0) is 20.8 Å². The van der Waals surface area contributed by atoms with E-state index in [1.165, 1.54) is 6.07 Å². The molecule has 0 fully saturated rings. The number of aliphatic carboxylic acids is 1. The topological polar surface area (TPSA) is 97.2 Å². The summed E-state index contributed by atoms with van der Waals surface area (Å²) in [6.07, 6.45) is -5.50. The molecule has 1 N–H and O–H groups in total. The molecule has 0 atom stereocenters. The maximum Gasteiger partial charge on any atom is 0.433 e. The number of aromatic nitrogens is 2. The molecule has 0 radical (unpaired) electrons. The van der Waals surface area contributed by atoms with Gasteiger partial charge in [-0.1, -0.05) is 6.07 Å². The molecule has 0 spiro atoms. The van der Waals surface area contributed by atoms with Crippen LogP contribution < -0.4 is 0 Å². The van der Waals surface area contributed by atoms with Crippen molar-refractivity contribution in [2.75, 3.05) is 5.75 Å². The Bertz CT molecular complexity index is 833. The molecule has 0 aliphatic rings. The Labute approximate surface area is 138 Å². The summed E-state index contributed by atoms with van der Waals surface area (Å²) in [5, 5.41) is 9.19. The van der Waals surface area contributed by atoms with Crippen LogP contribution in [0.1, 0.15) is 18.5 Å². The summed E-state index contributed by atoms with van der Waals surface area (Å²) in [5.74, 6) is -1.85. The van der Waals surface area contributed by atoms with Gasteiger partial charge in [-0.15, -0.1) is 11.3 Å². The molecule has 2 rings (SSSR count). The maximum atomic E-state index is 13.0. The second-order valence-electron chi connectivity index (χ2n) is 4.71. The van der Waals surface area contributed by atoms with E-state index >= 15 is 0 Å². The van der Waals surface area contributed by atoms with Gasteiger partial charge >= 0.3 is 12.1 Å². The molecule has 0 saturated heterocycles. The second-order valence-corrected chi connectivity index (χ2v) is 7.66. The summed E-state index contributed by atoms with van der Waals surface area (Å²) < 4.78 is 63.2. The molecule has 0 amide bonds. The van der Waals surface area contributed by atoms with Crippen LogP contribution >= 0.6 is 11.3 Å². The Hall–Kier alpha value is -2.01. The Morgan fingerprint density at radius 2 is 2.00 bits per heavy atom. The molecule has 0 saturated carbocycles. The van der Waals surface area contributed by atoms with Crippen molar-refractivity contribution in [2.24, 2.45) is 0 Å². The first-order valence-electron chi connectivity index (χ1n) is 6.54. The van der Waals surface area contributed by atoms with Crippen molar-refractivity contribution in [3.63, 3.8) is 0 Å². The minimum absolute atomic E-state index is 0.149. The number of nitrogens with zero attached hydrogens (tertiary/aromatic N) is 2. The highest BCUT2D eigenvalue weighted by molar-refractivity contribution is 7.91. The minimum atomic E-state index is -4.83. The van der Waals surface area contributed by atoms with Gasteiger partial charge in [-0.25, -0.2) is 18.4 Å². The van der Waals surface area contributed by atoms with Crippen molar-refractivity contribution >= 4 is 27.1 Å². The summed E-state index contributed by atoms with van der Waals surface area (Å²) >= 11 is 1.11. The first-order chi connectivity index (χ1) is 11.1. The van der Waals surface area contributed by atoms with E-state index in [0.717, 1.165) is 11.3 Å². The second kappa shape index (κ2) is 6.85. The average molecular weight is 380 g/mol. The van der Waals surface area contributed by atoms with Crippen molar-refractivity contribution < 1.29 is 31.5 Å². The lowest BCUT2D eigenvalue weighted by molar-refractivity contribution is -0.141. The molecule has 0 unspecified atom stereocenters. The predicted molar refractivity (Wildman–Crippen MR) is 79.3 cm³/mol. The molecule has 130 valence electrons. The number of halogens is 3. The molecule has 0 aromatic carbocycles. The third-order valence-electron chi connectivity index (χ3n) is 2.85. The summed E-state index contributed by atoms with van der Waals surface area (Å²) in [6, 6.07) is 3.78. The van der Waals surface area contributed by atoms with E-state index in [4.69, 9.17) is 5.11 Å². The molecule has 2 aromatic heterocycles. The summed E-state index contributed by atoms with van der Waals surface area (Å²) in [4.78, 5) is 17.6. The first-order valence-corrected chi connectivity index (χ1v) is 9.07. The largest absolute Gasteiger partial charge is 0.481 e. The number of carboxylic acids is 1. The van der Waals surface area contributed by atoms with Crippen LogP contribution in [0.2, 0.25) is 0 Å². The van der Waals surface area contributed by atoms with Crippen molar-refractivity contribution in [1.82, 2.24) is 9.97 Å². The monoisotopic (exact) mass is 380 g/mol. The molecule has 24 heavy (non-hydrogen) atoms. The van der Waals surface area contributed by atoms with Crippen LogP contribution in [0.4, 0.5) is 13.2 Å². The lowest BCUT2D eigenvalue weighted by Gasteiger charge is -2.10. The van der Waals surface area contributed by atoms with E-state index in [1.807, 2.05) is 0 Å². The van der Waals surface area contributed by atoms with Gasteiger partial charge in [0.1, 0.15) is 5.69 Å². The van der Waals surface area contributed by atoms with Gasteiger partial charge in [0.15, 0.2) is 0 Å². The van der Waals surface area contributed by atoms with Crippen LogP contribution in [0.15, 0.2) is 28.7 Å². The highest BCUT2D eigenvalue weighted by Crippen LogP contribution is 2.32. The molecular weight excluding hydrogens is 369 g/mol. The number of sulfone groups is 1. The highest BCUT2D eigenvalue weighted by Gasteiger charge is 2.35. The van der Waals surface area contributed by atoms with Crippen LogP contribution in [0, 0.1) is 0 Å². The summed E-state index contributed by atoms with van der Waals surface area (Å²) in [6.45, 7) is 0. The fourth-order valence-corrected chi connectivity index (χ4v) is 3.63. The zero-order valence-electron chi connectivity index (χ0n) is 11.9. The average Bonchev–Trinajstić information content (AvgIpc) is 2.99. The van der Waals surface area contributed by atoms with E-state index in [-0.39, 0.29) is 12.1 Å². The Kier molecular flexibility index (Phi) is 5.23. The number of hydrogen-bond acceptors (Lipinski definition) is 6. The van der Waals surface area contributed by atoms with Gasteiger partial charge in [-0.05, 0) is 23.9 Å². The van der Waals surface area contributed by atoms with Crippen LogP contribution in [0.25, 0.3) is 10.6 Å². The van der Waals surface area contributed by atoms with Gasteiger partial charge in [0, 0.05) is 6.42 Å². The molecule has 6 nitrogen and oxygen atoms in total. The van der Waals surface area contributed by atoms with Crippen molar-refractivity contribution in [3.05, 3.63) is 29.3 Å². The lowest BCUT2D eigenvalue weighted by Crippen LogP contribution is -2.17. The molecule has 0 bridgehead atoms. The number of carbonyl (C=O) groups is 1. The van der Waals surface area contributed by atoms with Crippen molar-refractivity contribution in [1.29, 1.82) is 0 Å². The number of rotatable bonds is 6. The van der Waals surface area contributed by atoms with Gasteiger partial charge in [0.2, 0.25) is 15.0 Å². The number of hydrogen-bond donors (Lipinski definition) is 1. The standard InChI is InChI=1S/C13H11F3N2O4S2/c14-13(15,16)10-7-8(9-3-1-5-23-9)17-12(18-10)24(21,22)6-2-4-11(19)20/h1,3,5,7H,2,4,6H2,(H,19,20). The Morgan fingerprint density at radius 3 is 2.54 bits per heavy atom. The Balaban J connectivity index is 2.45. The predicted octanol–water partition coefficient (Wildman–Crippen LogP) is 2.86. The molecule has 0 aliphatic carbocycles. The molecule has 11 heteroatoms. The molecular formula is C13H11F3N2O4S2. The van der Waals surface area contributed by atoms with E-state index in [2.05, 4.69) is 9.97 Å². The van der Waals surface area contributed by atoms with Gasteiger partial charge in [-0.2, -0.15) is 13.2 Å².